The number of hydrogen-bond acceptors (Lipinski definition) is 5. The topological polar surface area (TPSA) is 115 Å². The van der Waals surface area contributed by atoms with Crippen molar-refractivity contribution in [2.75, 3.05) is 5.73 Å². The average molecular weight is 270 g/mol. The molecule has 1 heterocycles. The number of aromatic amines is 1. The van der Waals surface area contributed by atoms with Crippen LogP contribution in [0.4, 0.5) is 5.69 Å². The van der Waals surface area contributed by atoms with E-state index in [0.717, 1.165) is 0 Å². The van der Waals surface area contributed by atoms with E-state index in [4.69, 9.17) is 10.9 Å². The summed E-state index contributed by atoms with van der Waals surface area (Å²) in [7, 11) is -3.80. The second-order valence-corrected chi connectivity index (χ2v) is 5.81. The zero-order chi connectivity index (χ0) is 12.5. The minimum atomic E-state index is -3.80. The SMILES string of the molecule is Nc1ccc(Sc2ncc[nH]2)c(S(N)(=O)=O)c1. The predicted octanol–water partition coefficient (Wildman–Crippen LogP) is 0.791. The van der Waals surface area contributed by atoms with Gasteiger partial charge in [-0.3, -0.25) is 0 Å². The fraction of sp³-hybridized carbons (Fsp3) is 0. The molecule has 1 aromatic carbocycles. The molecule has 0 aliphatic rings. The summed E-state index contributed by atoms with van der Waals surface area (Å²) in [4.78, 5) is 7.34. The first-order valence-electron chi connectivity index (χ1n) is 4.56. The van der Waals surface area contributed by atoms with Crippen molar-refractivity contribution in [2.24, 2.45) is 5.14 Å². The van der Waals surface area contributed by atoms with Crippen LogP contribution in [-0.2, 0) is 10.0 Å². The summed E-state index contributed by atoms with van der Waals surface area (Å²) in [5.74, 6) is 0. The number of nitrogens with one attached hydrogen (secondary N) is 1. The molecule has 0 spiro atoms. The van der Waals surface area contributed by atoms with Gasteiger partial charge in [0.15, 0.2) is 5.16 Å². The lowest BCUT2D eigenvalue weighted by Gasteiger charge is -2.06. The largest absolute Gasteiger partial charge is 0.399 e. The van der Waals surface area contributed by atoms with Crippen molar-refractivity contribution in [3.63, 3.8) is 0 Å². The Morgan fingerprint density at radius 1 is 1.35 bits per heavy atom. The summed E-state index contributed by atoms with van der Waals surface area (Å²) in [6, 6.07) is 4.54. The number of sulfonamides is 1. The number of imidazole rings is 1. The van der Waals surface area contributed by atoms with Crippen molar-refractivity contribution < 1.29 is 8.42 Å². The highest BCUT2D eigenvalue weighted by Crippen LogP contribution is 2.31. The Kier molecular flexibility index (Phi) is 3.09. The van der Waals surface area contributed by atoms with Gasteiger partial charge >= 0.3 is 0 Å². The molecule has 0 aliphatic heterocycles. The molecular weight excluding hydrogens is 260 g/mol. The van der Waals surface area contributed by atoms with Gasteiger partial charge in [-0.25, -0.2) is 18.5 Å². The molecule has 2 aromatic rings. The maximum atomic E-state index is 11.4. The van der Waals surface area contributed by atoms with Crippen LogP contribution in [0.3, 0.4) is 0 Å². The van der Waals surface area contributed by atoms with Crippen LogP contribution in [0.2, 0.25) is 0 Å². The molecule has 0 radical (unpaired) electrons. The summed E-state index contributed by atoms with van der Waals surface area (Å²) >= 11 is 1.18. The third kappa shape index (κ3) is 2.78. The lowest BCUT2D eigenvalue weighted by Crippen LogP contribution is -2.13. The van der Waals surface area contributed by atoms with Crippen LogP contribution < -0.4 is 10.9 Å². The minimum Gasteiger partial charge on any atom is -0.399 e. The monoisotopic (exact) mass is 270 g/mol. The second kappa shape index (κ2) is 4.40. The van der Waals surface area contributed by atoms with Gasteiger partial charge in [0.1, 0.15) is 0 Å². The van der Waals surface area contributed by atoms with E-state index < -0.39 is 10.0 Å². The van der Waals surface area contributed by atoms with Crippen LogP contribution >= 0.6 is 11.8 Å². The summed E-state index contributed by atoms with van der Waals surface area (Å²) < 4.78 is 22.8. The Hall–Kier alpha value is -1.51. The Morgan fingerprint density at radius 3 is 2.71 bits per heavy atom. The molecule has 0 unspecified atom stereocenters. The number of H-pyrrole nitrogens is 1. The molecular formula is C9H10N4O2S2. The molecule has 5 N–H and O–H groups in total. The highest BCUT2D eigenvalue weighted by Gasteiger charge is 2.15. The third-order valence-electron chi connectivity index (χ3n) is 1.95. The molecule has 2 rings (SSSR count). The van der Waals surface area contributed by atoms with Gasteiger partial charge in [-0.2, -0.15) is 0 Å². The number of rotatable bonds is 3. The number of primary sulfonamides is 1. The summed E-state index contributed by atoms with van der Waals surface area (Å²) in [5.41, 5.74) is 5.89. The van der Waals surface area contributed by atoms with Crippen molar-refractivity contribution in [1.82, 2.24) is 9.97 Å². The van der Waals surface area contributed by atoms with Crippen LogP contribution in [0.1, 0.15) is 0 Å². The van der Waals surface area contributed by atoms with Gasteiger partial charge in [0, 0.05) is 23.0 Å². The van der Waals surface area contributed by atoms with Gasteiger partial charge in [0.2, 0.25) is 10.0 Å². The van der Waals surface area contributed by atoms with E-state index in [2.05, 4.69) is 9.97 Å². The normalized spacial score (nSPS) is 11.6. The lowest BCUT2D eigenvalue weighted by molar-refractivity contribution is 0.596. The van der Waals surface area contributed by atoms with Crippen molar-refractivity contribution in [1.29, 1.82) is 0 Å². The van der Waals surface area contributed by atoms with E-state index in [1.54, 1.807) is 24.5 Å². The van der Waals surface area contributed by atoms with E-state index >= 15 is 0 Å². The van der Waals surface area contributed by atoms with Crippen LogP contribution in [0.25, 0.3) is 0 Å². The number of hydrogen-bond donors (Lipinski definition) is 3. The molecule has 8 heteroatoms. The number of nitrogens with zero attached hydrogens (tertiary/aromatic N) is 1. The van der Waals surface area contributed by atoms with Gasteiger partial charge in [0.05, 0.1) is 4.90 Å². The number of aromatic nitrogens is 2. The molecule has 0 atom stereocenters. The number of nitrogen functional groups attached to an aromatic ring is 1. The van der Waals surface area contributed by atoms with E-state index in [-0.39, 0.29) is 4.90 Å². The smallest absolute Gasteiger partial charge is 0.239 e. The first kappa shape index (κ1) is 12.0. The fourth-order valence-corrected chi connectivity index (χ4v) is 3.11. The molecule has 6 nitrogen and oxygen atoms in total. The van der Waals surface area contributed by atoms with Gasteiger partial charge in [-0.05, 0) is 18.2 Å². The van der Waals surface area contributed by atoms with Crippen molar-refractivity contribution in [3.8, 4) is 0 Å². The van der Waals surface area contributed by atoms with Crippen LogP contribution in [0.5, 0.6) is 0 Å². The Bertz CT molecular complexity index is 622. The third-order valence-corrected chi connectivity index (χ3v) is 4.03. The molecule has 0 saturated carbocycles. The average Bonchev–Trinajstić information content (AvgIpc) is 2.72. The Morgan fingerprint density at radius 2 is 2.12 bits per heavy atom. The van der Waals surface area contributed by atoms with Gasteiger partial charge in [-0.15, -0.1) is 0 Å². The van der Waals surface area contributed by atoms with E-state index in [1.165, 1.54) is 17.8 Å². The maximum Gasteiger partial charge on any atom is 0.239 e. The molecule has 0 saturated heterocycles. The first-order valence-corrected chi connectivity index (χ1v) is 6.92. The van der Waals surface area contributed by atoms with Gasteiger partial charge in [0.25, 0.3) is 0 Å². The first-order chi connectivity index (χ1) is 7.97. The van der Waals surface area contributed by atoms with Crippen LogP contribution in [0.15, 0.2) is 45.5 Å². The molecule has 1 aromatic heterocycles. The second-order valence-electron chi connectivity index (χ2n) is 3.25. The zero-order valence-corrected chi connectivity index (χ0v) is 10.3. The fourth-order valence-electron chi connectivity index (χ4n) is 1.24. The summed E-state index contributed by atoms with van der Waals surface area (Å²) in [5, 5.41) is 5.71. The number of benzene rings is 1. The Labute approximate surface area is 102 Å². The van der Waals surface area contributed by atoms with Gasteiger partial charge < -0.3 is 10.7 Å². The summed E-state index contributed by atoms with van der Waals surface area (Å²) in [6.45, 7) is 0. The lowest BCUT2D eigenvalue weighted by atomic mass is 10.3. The molecule has 0 aliphatic carbocycles. The van der Waals surface area contributed by atoms with Crippen LogP contribution in [-0.4, -0.2) is 18.4 Å². The highest BCUT2D eigenvalue weighted by atomic mass is 32.2. The molecule has 0 fully saturated rings. The number of nitrogens with two attached hydrogens (primary N) is 2. The maximum absolute atomic E-state index is 11.4. The van der Waals surface area contributed by atoms with Crippen molar-refractivity contribution in [2.45, 2.75) is 14.9 Å². The molecule has 0 amide bonds. The highest BCUT2D eigenvalue weighted by molar-refractivity contribution is 8.00. The van der Waals surface area contributed by atoms with E-state index in [1.807, 2.05) is 0 Å². The van der Waals surface area contributed by atoms with Crippen molar-refractivity contribution >= 4 is 27.5 Å². The quantitative estimate of drug-likeness (QED) is 0.713. The molecule has 90 valence electrons. The minimum absolute atomic E-state index is 0.00102. The molecule has 17 heavy (non-hydrogen) atoms. The standard InChI is InChI=1S/C9H10N4O2S2/c10-6-1-2-7(8(5-6)17(11,14)15)16-9-12-3-4-13-9/h1-5H,10H2,(H,12,13)(H2,11,14,15). The summed E-state index contributed by atoms with van der Waals surface area (Å²) in [6.07, 6.45) is 3.23. The van der Waals surface area contributed by atoms with Gasteiger partial charge in [-0.1, -0.05) is 11.8 Å². The van der Waals surface area contributed by atoms with Crippen molar-refractivity contribution in [3.05, 3.63) is 30.6 Å². The van der Waals surface area contributed by atoms with E-state index in [9.17, 15) is 8.42 Å². The molecule has 0 bridgehead atoms. The zero-order valence-electron chi connectivity index (χ0n) is 8.62. The van der Waals surface area contributed by atoms with E-state index in [0.29, 0.717) is 15.7 Å². The number of anilines is 1. The predicted molar refractivity (Wildman–Crippen MR) is 64.9 cm³/mol. The van der Waals surface area contributed by atoms with Crippen LogP contribution in [0, 0.1) is 0 Å². The Balaban J connectivity index is 2.47.